The molecule has 0 aliphatic carbocycles. The van der Waals surface area contributed by atoms with Gasteiger partial charge in [0, 0.05) is 18.1 Å². The normalized spacial score (nSPS) is 9.52. The van der Waals surface area contributed by atoms with Crippen molar-refractivity contribution in [2.45, 2.75) is 6.54 Å². The summed E-state index contributed by atoms with van der Waals surface area (Å²) in [6.07, 6.45) is 1.44. The van der Waals surface area contributed by atoms with Crippen LogP contribution in [0.3, 0.4) is 0 Å². The molecule has 0 aliphatic heterocycles. The van der Waals surface area contributed by atoms with Gasteiger partial charge in [0.15, 0.2) is 0 Å². The Morgan fingerprint density at radius 2 is 2.13 bits per heavy atom. The Kier molecular flexibility index (Phi) is 10.5. The number of carbonyl (C=O) groups excluding carboxylic acids is 1. The van der Waals surface area contributed by atoms with Crippen molar-refractivity contribution < 1.29 is 9.53 Å². The predicted molar refractivity (Wildman–Crippen MR) is 96.6 cm³/mol. The van der Waals surface area contributed by atoms with Crippen LogP contribution < -0.4 is 15.8 Å². The molecule has 1 amide bonds. The lowest BCUT2D eigenvalue weighted by Crippen LogP contribution is -2.28. The molecule has 0 unspecified atom stereocenters. The number of halogens is 4. The summed E-state index contributed by atoms with van der Waals surface area (Å²) in [4.78, 5) is 19.8. The fourth-order valence-electron chi connectivity index (χ4n) is 1.42. The number of pyridine rings is 1. The van der Waals surface area contributed by atoms with Gasteiger partial charge < -0.3 is 15.8 Å². The topological polar surface area (TPSA) is 90.1 Å². The standard InChI is InChI=1S/C12H12Cl2N4O2S.2ClH/c13-7-3-8(14)12(17-5-7)20-2-1-16-11(19)9-6-21-10(4-15)18-9;;/h3,5-6H,1-2,4,15H2,(H,16,19);2*1H. The highest BCUT2D eigenvalue weighted by atomic mass is 35.5. The largest absolute Gasteiger partial charge is 0.475 e. The van der Waals surface area contributed by atoms with Gasteiger partial charge in [-0.1, -0.05) is 23.2 Å². The van der Waals surface area contributed by atoms with E-state index in [-0.39, 0.29) is 43.2 Å². The molecule has 2 rings (SSSR count). The summed E-state index contributed by atoms with van der Waals surface area (Å²) in [6, 6.07) is 1.54. The molecule has 0 saturated carbocycles. The van der Waals surface area contributed by atoms with E-state index < -0.39 is 0 Å². The van der Waals surface area contributed by atoms with Crippen LogP contribution in [0, 0.1) is 0 Å². The van der Waals surface area contributed by atoms with E-state index in [0.29, 0.717) is 33.8 Å². The summed E-state index contributed by atoms with van der Waals surface area (Å²) in [5.41, 5.74) is 5.79. The van der Waals surface area contributed by atoms with E-state index in [1.807, 2.05) is 0 Å². The lowest BCUT2D eigenvalue weighted by molar-refractivity contribution is 0.0942. The first kappa shape index (κ1) is 22.2. The van der Waals surface area contributed by atoms with E-state index in [4.69, 9.17) is 33.7 Å². The lowest BCUT2D eigenvalue weighted by Gasteiger charge is -2.07. The lowest BCUT2D eigenvalue weighted by atomic mass is 10.4. The Labute approximate surface area is 159 Å². The maximum Gasteiger partial charge on any atom is 0.270 e. The highest BCUT2D eigenvalue weighted by molar-refractivity contribution is 7.09. The fourth-order valence-corrected chi connectivity index (χ4v) is 2.51. The summed E-state index contributed by atoms with van der Waals surface area (Å²) < 4.78 is 5.35. The van der Waals surface area contributed by atoms with Gasteiger partial charge in [-0.25, -0.2) is 9.97 Å². The average molecular weight is 420 g/mol. The smallest absolute Gasteiger partial charge is 0.270 e. The van der Waals surface area contributed by atoms with E-state index in [1.54, 1.807) is 5.38 Å². The van der Waals surface area contributed by atoms with Crippen LogP contribution in [0.15, 0.2) is 17.6 Å². The van der Waals surface area contributed by atoms with Crippen LogP contribution in [0.5, 0.6) is 5.88 Å². The van der Waals surface area contributed by atoms with Crippen molar-refractivity contribution in [3.8, 4) is 5.88 Å². The van der Waals surface area contributed by atoms with Crippen LogP contribution in [0.25, 0.3) is 0 Å². The summed E-state index contributed by atoms with van der Waals surface area (Å²) >= 11 is 13.0. The number of thiazole rings is 1. The maximum absolute atomic E-state index is 11.8. The maximum atomic E-state index is 11.8. The van der Waals surface area contributed by atoms with Crippen molar-refractivity contribution in [3.05, 3.63) is 38.4 Å². The number of aromatic nitrogens is 2. The minimum Gasteiger partial charge on any atom is -0.475 e. The number of carbonyl (C=O) groups is 1. The van der Waals surface area contributed by atoms with Crippen molar-refractivity contribution >= 4 is 65.3 Å². The molecule has 0 bridgehead atoms. The molecule has 0 saturated heterocycles. The van der Waals surface area contributed by atoms with Gasteiger partial charge in [0.25, 0.3) is 5.91 Å². The molecule has 0 radical (unpaired) electrons. The molecule has 2 heterocycles. The Hall–Kier alpha value is -0.830. The zero-order valence-electron chi connectivity index (χ0n) is 11.6. The number of rotatable bonds is 6. The number of nitrogens with zero attached hydrogens (tertiary/aromatic N) is 2. The van der Waals surface area contributed by atoms with Crippen LogP contribution in [0.2, 0.25) is 10.0 Å². The number of nitrogens with two attached hydrogens (primary N) is 1. The van der Waals surface area contributed by atoms with Crippen molar-refractivity contribution in [1.82, 2.24) is 15.3 Å². The molecule has 128 valence electrons. The average Bonchev–Trinajstić information content (AvgIpc) is 2.94. The molecule has 0 aromatic carbocycles. The molecule has 3 N–H and O–H groups in total. The number of ether oxygens (including phenoxy) is 1. The highest BCUT2D eigenvalue weighted by Crippen LogP contribution is 2.24. The van der Waals surface area contributed by atoms with Crippen LogP contribution in [0.1, 0.15) is 15.5 Å². The van der Waals surface area contributed by atoms with Crippen molar-refractivity contribution in [1.29, 1.82) is 0 Å². The van der Waals surface area contributed by atoms with Gasteiger partial charge >= 0.3 is 0 Å². The molecule has 2 aromatic heterocycles. The number of hydrogen-bond acceptors (Lipinski definition) is 6. The molecule has 0 fully saturated rings. The minimum absolute atomic E-state index is 0. The molecular formula is C12H14Cl4N4O2S. The summed E-state index contributed by atoms with van der Waals surface area (Å²) in [7, 11) is 0. The third-order valence-corrected chi connectivity index (χ3v) is 3.71. The zero-order valence-corrected chi connectivity index (χ0v) is 15.6. The van der Waals surface area contributed by atoms with Gasteiger partial charge in [-0.2, -0.15) is 0 Å². The number of nitrogens with one attached hydrogen (secondary N) is 1. The Balaban J connectivity index is 0.00000242. The molecule has 0 atom stereocenters. The van der Waals surface area contributed by atoms with Gasteiger partial charge in [-0.05, 0) is 6.07 Å². The SMILES string of the molecule is Cl.Cl.NCc1nc(C(=O)NCCOc2ncc(Cl)cc2Cl)cs1. The molecule has 23 heavy (non-hydrogen) atoms. The number of amides is 1. The second-order valence-electron chi connectivity index (χ2n) is 3.88. The Morgan fingerprint density at radius 3 is 2.74 bits per heavy atom. The van der Waals surface area contributed by atoms with Crippen molar-refractivity contribution in [2.75, 3.05) is 13.2 Å². The second kappa shape index (κ2) is 10.9. The third kappa shape index (κ3) is 6.66. The van der Waals surface area contributed by atoms with Gasteiger partial charge in [0.2, 0.25) is 5.88 Å². The van der Waals surface area contributed by atoms with Crippen LogP contribution in [0.4, 0.5) is 0 Å². The first-order chi connectivity index (χ1) is 10.1. The zero-order chi connectivity index (χ0) is 15.2. The van der Waals surface area contributed by atoms with Crippen LogP contribution in [-0.4, -0.2) is 29.0 Å². The van der Waals surface area contributed by atoms with Gasteiger partial charge in [-0.15, -0.1) is 36.2 Å². The summed E-state index contributed by atoms with van der Waals surface area (Å²) in [5, 5.41) is 5.81. The molecule has 2 aromatic rings. The molecule has 6 nitrogen and oxygen atoms in total. The van der Waals surface area contributed by atoms with Crippen molar-refractivity contribution in [3.63, 3.8) is 0 Å². The molecular weight excluding hydrogens is 406 g/mol. The van der Waals surface area contributed by atoms with E-state index in [0.717, 1.165) is 0 Å². The second-order valence-corrected chi connectivity index (χ2v) is 5.66. The first-order valence-corrected chi connectivity index (χ1v) is 7.60. The Morgan fingerprint density at radius 1 is 1.39 bits per heavy atom. The minimum atomic E-state index is -0.273. The quantitative estimate of drug-likeness (QED) is 0.702. The summed E-state index contributed by atoms with van der Waals surface area (Å²) in [5.74, 6) is -0.000829. The summed E-state index contributed by atoms with van der Waals surface area (Å²) in [6.45, 7) is 0.852. The van der Waals surface area contributed by atoms with Crippen molar-refractivity contribution in [2.24, 2.45) is 5.73 Å². The predicted octanol–water partition coefficient (Wildman–Crippen LogP) is 2.96. The fraction of sp³-hybridized carbons (Fsp3) is 0.250. The monoisotopic (exact) mass is 418 g/mol. The molecule has 11 heteroatoms. The Bertz CT molecular complexity index is 641. The highest BCUT2D eigenvalue weighted by Gasteiger charge is 2.10. The van der Waals surface area contributed by atoms with Gasteiger partial charge in [-0.3, -0.25) is 4.79 Å². The van der Waals surface area contributed by atoms with Gasteiger partial charge in [0.1, 0.15) is 22.3 Å². The van der Waals surface area contributed by atoms with E-state index in [9.17, 15) is 4.79 Å². The van der Waals surface area contributed by atoms with E-state index in [1.165, 1.54) is 23.6 Å². The third-order valence-electron chi connectivity index (χ3n) is 2.36. The number of hydrogen-bond donors (Lipinski definition) is 2. The first-order valence-electron chi connectivity index (χ1n) is 5.96. The van der Waals surface area contributed by atoms with E-state index >= 15 is 0 Å². The van der Waals surface area contributed by atoms with Crippen LogP contribution >= 0.6 is 59.4 Å². The van der Waals surface area contributed by atoms with Gasteiger partial charge in [0.05, 0.1) is 11.6 Å². The molecule has 0 spiro atoms. The van der Waals surface area contributed by atoms with E-state index in [2.05, 4.69) is 15.3 Å². The van der Waals surface area contributed by atoms with Crippen LogP contribution in [-0.2, 0) is 6.54 Å². The molecule has 0 aliphatic rings.